The van der Waals surface area contributed by atoms with E-state index in [1.807, 2.05) is 0 Å². The van der Waals surface area contributed by atoms with Crippen LogP contribution in [-0.4, -0.2) is 26.7 Å². The molecule has 0 fully saturated rings. The van der Waals surface area contributed by atoms with E-state index in [-0.39, 0.29) is 0 Å². The zero-order valence-corrected chi connectivity index (χ0v) is 23.5. The van der Waals surface area contributed by atoms with Gasteiger partial charge in [-0.1, -0.05) is 0 Å². The number of hydrogen-bond acceptors (Lipinski definition) is 1. The second-order valence-corrected chi connectivity index (χ2v) is 27.8. The van der Waals surface area contributed by atoms with Crippen LogP contribution in [0.2, 0.25) is 33.0 Å². The predicted octanol–water partition coefficient (Wildman–Crippen LogP) is 8.73. The normalized spacial score (nSPS) is 13.8. The Hall–Kier alpha value is 0.676. The third-order valence-electron chi connectivity index (χ3n) is 5.29. The van der Waals surface area contributed by atoms with Crippen molar-refractivity contribution in [2.45, 2.75) is 96.4 Å². The Bertz CT molecular complexity index is 476. The van der Waals surface area contributed by atoms with Gasteiger partial charge in [0.25, 0.3) is 0 Å². The summed E-state index contributed by atoms with van der Waals surface area (Å²) in [6.45, 7) is 14.2. The van der Waals surface area contributed by atoms with Crippen molar-refractivity contribution in [2.75, 3.05) is 0 Å². The molecule has 1 atom stereocenters. The summed E-state index contributed by atoms with van der Waals surface area (Å²) in [5, 5.41) is 0. The maximum absolute atomic E-state index is 7.04. The van der Waals surface area contributed by atoms with Gasteiger partial charge in [0, 0.05) is 0 Å². The van der Waals surface area contributed by atoms with Gasteiger partial charge in [-0.25, -0.2) is 0 Å². The van der Waals surface area contributed by atoms with Crippen molar-refractivity contribution >= 4 is 42.6 Å². The summed E-state index contributed by atoms with van der Waals surface area (Å²) in [5.74, 6) is 0. The Kier molecular flexibility index (Phi) is 11.7. The maximum atomic E-state index is 7.04. The van der Waals surface area contributed by atoms with Crippen molar-refractivity contribution < 1.29 is 4.43 Å². The minimum atomic E-state index is -2.50. The molecule has 0 radical (unpaired) electrons. The molecule has 0 heterocycles. The van der Waals surface area contributed by atoms with Crippen LogP contribution in [0.15, 0.2) is 28.7 Å². The van der Waals surface area contributed by atoms with Crippen molar-refractivity contribution in [3.8, 4) is 0 Å². The van der Waals surface area contributed by atoms with Gasteiger partial charge in [-0.2, -0.15) is 0 Å². The molecule has 0 bridgehead atoms. The summed E-state index contributed by atoms with van der Waals surface area (Å²) in [5.41, 5.74) is 1.47. The number of hydrogen-bond donors (Lipinski definition) is 0. The fourth-order valence-electron chi connectivity index (χ4n) is 3.89. The van der Waals surface area contributed by atoms with Gasteiger partial charge in [-0.05, 0) is 0 Å². The van der Waals surface area contributed by atoms with Gasteiger partial charge in [0.1, 0.15) is 0 Å². The summed E-state index contributed by atoms with van der Waals surface area (Å²) in [6.07, 6.45) is 8.13. The van der Waals surface area contributed by atoms with Gasteiger partial charge < -0.3 is 0 Å². The van der Waals surface area contributed by atoms with Gasteiger partial charge in [0.05, 0.1) is 0 Å². The average Bonchev–Trinajstić information content (AvgIpc) is 2.60. The number of unbranched alkanes of at least 4 members (excludes halogenated alkanes) is 3. The van der Waals surface area contributed by atoms with E-state index in [0.29, 0.717) is 4.12 Å². The molecule has 0 aliphatic rings. The fourth-order valence-corrected chi connectivity index (χ4v) is 26.4. The first-order chi connectivity index (χ1) is 12.3. The monoisotopic (exact) mass is 548 g/mol. The Morgan fingerprint density at radius 1 is 0.846 bits per heavy atom. The molecule has 0 saturated carbocycles. The molecular formula is C22H41BrOSiSn. The van der Waals surface area contributed by atoms with Crippen LogP contribution in [-0.2, 0) is 4.43 Å². The molecule has 0 amide bonds. The molecule has 0 saturated heterocycles. The Morgan fingerprint density at radius 2 is 1.27 bits per heavy atom. The van der Waals surface area contributed by atoms with Gasteiger partial charge >= 0.3 is 178 Å². The molecule has 26 heavy (non-hydrogen) atoms. The summed E-state index contributed by atoms with van der Waals surface area (Å²) in [4.78, 5) is 0. The Labute approximate surface area is 176 Å². The Morgan fingerprint density at radius 3 is 1.62 bits per heavy atom. The summed E-state index contributed by atoms with van der Waals surface area (Å²) in [6, 6.07) is 9.10. The van der Waals surface area contributed by atoms with E-state index >= 15 is 0 Å². The molecule has 1 aromatic rings. The molecule has 0 aliphatic heterocycles. The molecule has 1 rings (SSSR count). The van der Waals surface area contributed by atoms with Crippen molar-refractivity contribution in [3.63, 3.8) is 0 Å². The van der Waals surface area contributed by atoms with Crippen LogP contribution in [0.1, 0.15) is 69.0 Å². The molecular weight excluding hydrogens is 507 g/mol. The first-order valence-electron chi connectivity index (χ1n) is 10.7. The molecule has 4 heteroatoms. The summed E-state index contributed by atoms with van der Waals surface area (Å²) >= 11 is 1.12. The number of benzene rings is 1. The molecule has 1 nitrogen and oxygen atoms in total. The second kappa shape index (κ2) is 12.3. The van der Waals surface area contributed by atoms with Crippen LogP contribution >= 0.6 is 15.9 Å². The van der Waals surface area contributed by atoms with Gasteiger partial charge in [0.2, 0.25) is 0 Å². The average molecular weight is 548 g/mol. The fraction of sp³-hybridized carbons (Fsp3) is 0.727. The van der Waals surface area contributed by atoms with E-state index in [1.165, 1.54) is 61.9 Å². The van der Waals surface area contributed by atoms with Crippen molar-refractivity contribution in [1.29, 1.82) is 0 Å². The van der Waals surface area contributed by atoms with E-state index < -0.39 is 26.7 Å². The van der Waals surface area contributed by atoms with Crippen LogP contribution in [0.5, 0.6) is 0 Å². The van der Waals surface area contributed by atoms with E-state index in [1.54, 1.807) is 0 Å². The molecule has 0 aliphatic carbocycles. The van der Waals surface area contributed by atoms with Gasteiger partial charge in [-0.3, -0.25) is 0 Å². The zero-order valence-electron chi connectivity index (χ0n) is 18.0. The molecule has 0 aromatic heterocycles. The van der Waals surface area contributed by atoms with Crippen LogP contribution in [0.3, 0.4) is 0 Å². The minimum absolute atomic E-state index is 0.439. The predicted molar refractivity (Wildman–Crippen MR) is 126 cm³/mol. The van der Waals surface area contributed by atoms with Crippen LogP contribution in [0.25, 0.3) is 0 Å². The summed E-state index contributed by atoms with van der Waals surface area (Å²) in [7, 11) is -1.60. The SMILES string of the molecule is CCC[CH2][Sn]([CH2]CCC)([CH2]CCC)[CH](O[Si](C)(C)C)c1ccc(Br)cc1. The zero-order chi connectivity index (χ0) is 19.6. The molecule has 1 unspecified atom stereocenters. The molecule has 0 N–H and O–H groups in total. The van der Waals surface area contributed by atoms with E-state index in [4.69, 9.17) is 4.43 Å². The van der Waals surface area contributed by atoms with Crippen molar-refractivity contribution in [2.24, 2.45) is 0 Å². The van der Waals surface area contributed by atoms with E-state index in [2.05, 4.69) is 80.6 Å². The topological polar surface area (TPSA) is 9.23 Å². The third kappa shape index (κ3) is 8.36. The van der Waals surface area contributed by atoms with Gasteiger partial charge in [0.15, 0.2) is 0 Å². The van der Waals surface area contributed by atoms with Crippen LogP contribution < -0.4 is 0 Å². The summed E-state index contributed by atoms with van der Waals surface area (Å²) < 4.78 is 13.1. The van der Waals surface area contributed by atoms with Gasteiger partial charge in [-0.15, -0.1) is 0 Å². The van der Waals surface area contributed by atoms with Crippen molar-refractivity contribution in [3.05, 3.63) is 34.3 Å². The van der Waals surface area contributed by atoms with Crippen LogP contribution in [0.4, 0.5) is 0 Å². The second-order valence-electron chi connectivity index (χ2n) is 8.83. The molecule has 0 spiro atoms. The number of rotatable bonds is 13. The standard InChI is InChI=1S/C10H14BrOSi.3C4H9.Sn/c1-13(2,3)12-8-9-4-6-10(11)7-5-9;3*1-3-4-2;/h4-8H,1-3H3;3*1,3-4H2,2H3;. The number of halogens is 1. The van der Waals surface area contributed by atoms with E-state index in [9.17, 15) is 0 Å². The van der Waals surface area contributed by atoms with Crippen LogP contribution in [0, 0.1) is 0 Å². The quantitative estimate of drug-likeness (QED) is 0.224. The third-order valence-corrected chi connectivity index (χ3v) is 23.4. The first-order valence-corrected chi connectivity index (χ1v) is 22.6. The molecule has 150 valence electrons. The first kappa shape index (κ1) is 24.7. The Balaban J connectivity index is 3.36. The molecule has 1 aromatic carbocycles. The van der Waals surface area contributed by atoms with E-state index in [0.717, 1.165) is 0 Å². The van der Waals surface area contributed by atoms with Crippen molar-refractivity contribution in [1.82, 2.24) is 0 Å².